The van der Waals surface area contributed by atoms with Gasteiger partial charge in [0.15, 0.2) is 0 Å². The van der Waals surface area contributed by atoms with Gasteiger partial charge in [0.2, 0.25) is 0 Å². The summed E-state index contributed by atoms with van der Waals surface area (Å²) in [6, 6.07) is 0. The minimum atomic E-state index is 0.250. The summed E-state index contributed by atoms with van der Waals surface area (Å²) in [5.41, 5.74) is 0.667. The van der Waals surface area contributed by atoms with E-state index in [1.165, 1.54) is 44.9 Å². The van der Waals surface area contributed by atoms with E-state index < -0.39 is 0 Å². The minimum Gasteiger partial charge on any atom is -0.397 e. The molecule has 120 valence electrons. The molecule has 1 N–H and O–H groups in total. The monoisotopic (exact) mass is 274 g/mol. The van der Waals surface area contributed by atoms with Gasteiger partial charge in [0.1, 0.15) is 0 Å². The van der Waals surface area contributed by atoms with Gasteiger partial charge in [-0.3, -0.25) is 0 Å². The van der Waals surface area contributed by atoms with E-state index in [9.17, 15) is 0 Å². The molecular weight excluding hydrogens is 232 g/mol. The van der Waals surface area contributed by atoms with Crippen LogP contribution in [0.4, 0.5) is 0 Å². The SMILES string of the molecule is CC.CCC(CC)(CC)CC.CCC1CC1.CCO. The zero-order chi connectivity index (χ0) is 15.7. The first kappa shape index (κ1) is 24.0. The highest BCUT2D eigenvalue weighted by Gasteiger charge is 2.20. The summed E-state index contributed by atoms with van der Waals surface area (Å²) in [5.74, 6) is 1.13. The van der Waals surface area contributed by atoms with Gasteiger partial charge in [-0.1, -0.05) is 93.4 Å². The second-order valence-electron chi connectivity index (χ2n) is 5.08. The molecule has 0 aromatic rings. The number of aliphatic hydroxyl groups excluding tert-OH is 1. The standard InChI is InChI=1S/C9H20.C5H10.C2H6O.C2H6/c1-5-9(6-2,7-3)8-4;1-2-5-3-4-5;1-2-3;1-2/h5-8H2,1-4H3;5H,2-4H2,1H3;3H,2H2,1H3;1-2H3. The van der Waals surface area contributed by atoms with Crippen molar-refractivity contribution in [1.82, 2.24) is 0 Å². The van der Waals surface area contributed by atoms with E-state index in [0.29, 0.717) is 5.41 Å². The molecule has 0 aliphatic heterocycles. The van der Waals surface area contributed by atoms with Crippen LogP contribution < -0.4 is 0 Å². The van der Waals surface area contributed by atoms with Gasteiger partial charge >= 0.3 is 0 Å². The van der Waals surface area contributed by atoms with Crippen LogP contribution in [-0.2, 0) is 0 Å². The Bertz CT molecular complexity index is 117. The average Bonchev–Trinajstić information content (AvgIpc) is 3.30. The van der Waals surface area contributed by atoms with E-state index in [2.05, 4.69) is 34.6 Å². The predicted octanol–water partition coefficient (Wildman–Crippen LogP) is 6.44. The van der Waals surface area contributed by atoms with Gasteiger partial charge in [-0.15, -0.1) is 0 Å². The van der Waals surface area contributed by atoms with E-state index in [-0.39, 0.29) is 6.61 Å². The molecule has 0 bridgehead atoms. The van der Waals surface area contributed by atoms with E-state index in [1.54, 1.807) is 6.92 Å². The molecule has 0 spiro atoms. The fourth-order valence-electron chi connectivity index (χ4n) is 2.03. The Labute approximate surface area is 124 Å². The first-order chi connectivity index (χ1) is 9.09. The lowest BCUT2D eigenvalue weighted by atomic mass is 9.78. The maximum Gasteiger partial charge on any atom is 0.0402 e. The summed E-state index contributed by atoms with van der Waals surface area (Å²) in [4.78, 5) is 0. The van der Waals surface area contributed by atoms with E-state index in [4.69, 9.17) is 5.11 Å². The Balaban J connectivity index is -0.000000215. The van der Waals surface area contributed by atoms with Gasteiger partial charge in [0.05, 0.1) is 0 Å². The smallest absolute Gasteiger partial charge is 0.0402 e. The van der Waals surface area contributed by atoms with Crippen LogP contribution in [0.15, 0.2) is 0 Å². The van der Waals surface area contributed by atoms with Gasteiger partial charge in [-0.05, 0) is 18.3 Å². The highest BCUT2D eigenvalue weighted by molar-refractivity contribution is 4.72. The van der Waals surface area contributed by atoms with Crippen molar-refractivity contribution in [1.29, 1.82) is 0 Å². The molecule has 1 aliphatic carbocycles. The lowest BCUT2D eigenvalue weighted by molar-refractivity contribution is 0.240. The topological polar surface area (TPSA) is 20.2 Å². The predicted molar refractivity (Wildman–Crippen MR) is 90.7 cm³/mol. The molecule has 0 aromatic heterocycles. The van der Waals surface area contributed by atoms with Crippen molar-refractivity contribution >= 4 is 0 Å². The molecule has 1 saturated carbocycles. The Hall–Kier alpha value is -0.0400. The third-order valence-corrected chi connectivity index (χ3v) is 4.27. The minimum absolute atomic E-state index is 0.250. The molecule has 0 radical (unpaired) electrons. The molecule has 19 heavy (non-hydrogen) atoms. The Morgan fingerprint density at radius 2 is 1.05 bits per heavy atom. The molecule has 1 aliphatic rings. The van der Waals surface area contributed by atoms with Crippen LogP contribution >= 0.6 is 0 Å². The normalized spacial score (nSPS) is 13.1. The molecule has 0 heterocycles. The summed E-state index contributed by atoms with van der Waals surface area (Å²) in [6.45, 7) is 17.4. The van der Waals surface area contributed by atoms with E-state index in [1.807, 2.05) is 13.8 Å². The molecule has 1 rings (SSSR count). The van der Waals surface area contributed by atoms with Crippen LogP contribution in [0, 0.1) is 11.3 Å². The molecule has 1 heteroatoms. The fraction of sp³-hybridized carbons (Fsp3) is 1.00. The first-order valence-electron chi connectivity index (χ1n) is 8.70. The maximum atomic E-state index is 7.57. The summed E-state index contributed by atoms with van der Waals surface area (Å²) in [6.07, 6.45) is 9.81. The number of rotatable bonds is 5. The average molecular weight is 275 g/mol. The molecule has 0 unspecified atom stereocenters. The van der Waals surface area contributed by atoms with E-state index >= 15 is 0 Å². The first-order valence-corrected chi connectivity index (χ1v) is 8.70. The zero-order valence-corrected chi connectivity index (χ0v) is 15.2. The molecule has 0 aromatic carbocycles. The summed E-state index contributed by atoms with van der Waals surface area (Å²) < 4.78 is 0. The third-order valence-electron chi connectivity index (χ3n) is 4.27. The highest BCUT2D eigenvalue weighted by Crippen LogP contribution is 2.33. The van der Waals surface area contributed by atoms with Crippen LogP contribution in [0.5, 0.6) is 0 Å². The molecular formula is C18H42O. The molecule has 0 amide bonds. The second-order valence-corrected chi connectivity index (χ2v) is 5.08. The van der Waals surface area contributed by atoms with Crippen LogP contribution in [0.1, 0.15) is 100 Å². The van der Waals surface area contributed by atoms with Gasteiger partial charge in [0.25, 0.3) is 0 Å². The van der Waals surface area contributed by atoms with Crippen molar-refractivity contribution in [3.8, 4) is 0 Å². The quantitative estimate of drug-likeness (QED) is 0.611. The molecule has 0 atom stereocenters. The Morgan fingerprint density at radius 1 is 0.789 bits per heavy atom. The van der Waals surface area contributed by atoms with Crippen molar-refractivity contribution in [2.75, 3.05) is 6.61 Å². The number of hydrogen-bond donors (Lipinski definition) is 1. The molecule has 1 nitrogen and oxygen atoms in total. The summed E-state index contributed by atoms with van der Waals surface area (Å²) >= 11 is 0. The molecule has 0 saturated heterocycles. The molecule has 1 fully saturated rings. The van der Waals surface area contributed by atoms with Crippen molar-refractivity contribution < 1.29 is 5.11 Å². The summed E-state index contributed by atoms with van der Waals surface area (Å²) in [7, 11) is 0. The van der Waals surface area contributed by atoms with E-state index in [0.717, 1.165) is 5.92 Å². The number of aliphatic hydroxyl groups is 1. The lowest BCUT2D eigenvalue weighted by Crippen LogP contribution is -2.15. The van der Waals surface area contributed by atoms with Crippen molar-refractivity contribution in [2.24, 2.45) is 11.3 Å². The Morgan fingerprint density at radius 3 is 1.05 bits per heavy atom. The van der Waals surface area contributed by atoms with Crippen molar-refractivity contribution in [3.63, 3.8) is 0 Å². The largest absolute Gasteiger partial charge is 0.397 e. The van der Waals surface area contributed by atoms with Gasteiger partial charge in [0, 0.05) is 6.61 Å². The van der Waals surface area contributed by atoms with Crippen LogP contribution in [0.2, 0.25) is 0 Å². The lowest BCUT2D eigenvalue weighted by Gasteiger charge is -2.28. The van der Waals surface area contributed by atoms with Crippen LogP contribution in [-0.4, -0.2) is 11.7 Å². The van der Waals surface area contributed by atoms with Gasteiger partial charge in [-0.25, -0.2) is 0 Å². The van der Waals surface area contributed by atoms with Crippen LogP contribution in [0.25, 0.3) is 0 Å². The van der Waals surface area contributed by atoms with Crippen molar-refractivity contribution in [3.05, 3.63) is 0 Å². The van der Waals surface area contributed by atoms with Gasteiger partial charge in [-0.2, -0.15) is 0 Å². The van der Waals surface area contributed by atoms with Gasteiger partial charge < -0.3 is 5.11 Å². The van der Waals surface area contributed by atoms with Crippen LogP contribution in [0.3, 0.4) is 0 Å². The second kappa shape index (κ2) is 18.0. The summed E-state index contributed by atoms with van der Waals surface area (Å²) in [5, 5.41) is 7.57. The fourth-order valence-corrected chi connectivity index (χ4v) is 2.03. The third kappa shape index (κ3) is 15.9. The zero-order valence-electron chi connectivity index (χ0n) is 15.2. The highest BCUT2D eigenvalue weighted by atomic mass is 16.2. The number of hydrogen-bond acceptors (Lipinski definition) is 1. The van der Waals surface area contributed by atoms with Crippen molar-refractivity contribution in [2.45, 2.75) is 100 Å². The maximum absolute atomic E-state index is 7.57. The Kier molecular flexibility index (Phi) is 22.7.